The zero-order valence-corrected chi connectivity index (χ0v) is 20.4. The van der Waals surface area contributed by atoms with Crippen LogP contribution in [0.5, 0.6) is 11.5 Å². The Labute approximate surface area is 178 Å². The molecule has 0 amide bonds. The first kappa shape index (κ1) is 22.0. The van der Waals surface area contributed by atoms with Crippen LogP contribution in [0.3, 0.4) is 0 Å². The molecular formula is C25H39NO2Si. The molecule has 0 radical (unpaired) electrons. The standard InChI is InChI=1S/C25H39NO2Si/c1-18(2)29(19(3)4,20(5)6)26-15-14-22(17-26)21-12-13-24(27-7)25(16-21)28-23-10-8-9-11-23/h12-20,23H,8-11H2,1-7H3. The second-order valence-electron chi connectivity index (χ2n) is 9.55. The SMILES string of the molecule is COc1ccc(-c2ccn([Si](C(C)C)(C(C)C)C(C)C)c2)cc1OC1CCCC1. The van der Waals surface area contributed by atoms with Crippen LogP contribution in [0.4, 0.5) is 0 Å². The van der Waals surface area contributed by atoms with E-state index in [2.05, 4.69) is 82.4 Å². The normalized spacial score (nSPS) is 15.7. The Hall–Kier alpha value is -1.68. The second-order valence-corrected chi connectivity index (χ2v) is 15.3. The van der Waals surface area contributed by atoms with E-state index in [4.69, 9.17) is 9.47 Å². The molecule has 0 bridgehead atoms. The van der Waals surface area contributed by atoms with E-state index in [1.165, 1.54) is 24.0 Å². The summed E-state index contributed by atoms with van der Waals surface area (Å²) < 4.78 is 14.5. The van der Waals surface area contributed by atoms with Crippen molar-refractivity contribution in [2.45, 2.75) is 90.0 Å². The largest absolute Gasteiger partial charge is 0.493 e. The number of hydrogen-bond donors (Lipinski definition) is 0. The summed E-state index contributed by atoms with van der Waals surface area (Å²) in [5.41, 5.74) is 4.51. The maximum absolute atomic E-state index is 6.33. The van der Waals surface area contributed by atoms with E-state index in [9.17, 15) is 0 Å². The van der Waals surface area contributed by atoms with Gasteiger partial charge in [0.05, 0.1) is 13.2 Å². The van der Waals surface area contributed by atoms with Gasteiger partial charge in [-0.3, -0.25) is 0 Å². The third kappa shape index (κ3) is 4.14. The van der Waals surface area contributed by atoms with Gasteiger partial charge in [0.25, 0.3) is 0 Å². The summed E-state index contributed by atoms with van der Waals surface area (Å²) in [5, 5.41) is 0. The van der Waals surface area contributed by atoms with Crippen molar-refractivity contribution in [1.29, 1.82) is 0 Å². The molecule has 1 aliphatic carbocycles. The Bertz CT molecular complexity index is 781. The molecule has 2 aromatic rings. The molecule has 1 saturated carbocycles. The van der Waals surface area contributed by atoms with Crippen LogP contribution < -0.4 is 9.47 Å². The minimum absolute atomic E-state index is 0.326. The van der Waals surface area contributed by atoms with E-state index >= 15 is 0 Å². The molecule has 1 fully saturated rings. The van der Waals surface area contributed by atoms with Crippen molar-refractivity contribution in [3.8, 4) is 22.6 Å². The van der Waals surface area contributed by atoms with Crippen LogP contribution >= 0.6 is 0 Å². The molecule has 0 N–H and O–H groups in total. The van der Waals surface area contributed by atoms with Crippen molar-refractivity contribution in [1.82, 2.24) is 4.23 Å². The van der Waals surface area contributed by atoms with Crippen molar-refractivity contribution >= 4 is 8.24 Å². The molecule has 3 rings (SSSR count). The molecule has 160 valence electrons. The minimum atomic E-state index is -1.72. The fourth-order valence-corrected chi connectivity index (χ4v) is 12.3. The highest BCUT2D eigenvalue weighted by Crippen LogP contribution is 2.43. The summed E-state index contributed by atoms with van der Waals surface area (Å²) in [4.78, 5) is 0. The van der Waals surface area contributed by atoms with Crippen molar-refractivity contribution in [2.75, 3.05) is 7.11 Å². The maximum Gasteiger partial charge on any atom is 0.168 e. The number of methoxy groups -OCH3 is 1. The van der Waals surface area contributed by atoms with Gasteiger partial charge in [-0.2, -0.15) is 0 Å². The van der Waals surface area contributed by atoms with E-state index in [1.54, 1.807) is 7.11 Å². The Morgan fingerprint density at radius 1 is 0.862 bits per heavy atom. The summed E-state index contributed by atoms with van der Waals surface area (Å²) in [6.07, 6.45) is 9.86. The van der Waals surface area contributed by atoms with Crippen molar-refractivity contribution in [3.63, 3.8) is 0 Å². The van der Waals surface area contributed by atoms with Crippen LogP contribution in [0.1, 0.15) is 67.2 Å². The molecule has 1 aliphatic rings. The van der Waals surface area contributed by atoms with Crippen LogP contribution in [0.25, 0.3) is 11.1 Å². The molecule has 0 atom stereocenters. The number of nitrogens with zero attached hydrogens (tertiary/aromatic N) is 1. The van der Waals surface area contributed by atoms with Gasteiger partial charge in [0.2, 0.25) is 0 Å². The Kier molecular flexibility index (Phi) is 6.82. The van der Waals surface area contributed by atoms with Gasteiger partial charge in [-0.1, -0.05) is 47.6 Å². The first-order chi connectivity index (χ1) is 13.8. The lowest BCUT2D eigenvalue weighted by Gasteiger charge is -2.44. The summed E-state index contributed by atoms with van der Waals surface area (Å²) in [6.45, 7) is 14.5. The molecule has 4 heteroatoms. The number of hydrogen-bond acceptors (Lipinski definition) is 2. The van der Waals surface area contributed by atoms with Crippen molar-refractivity contribution in [3.05, 3.63) is 36.7 Å². The third-order valence-electron chi connectivity index (χ3n) is 7.01. The molecule has 0 spiro atoms. The molecule has 0 saturated heterocycles. The van der Waals surface area contributed by atoms with E-state index < -0.39 is 8.24 Å². The predicted molar refractivity (Wildman–Crippen MR) is 126 cm³/mol. The van der Waals surface area contributed by atoms with E-state index in [-0.39, 0.29) is 0 Å². The highest BCUT2D eigenvalue weighted by atomic mass is 28.3. The van der Waals surface area contributed by atoms with Crippen molar-refractivity contribution < 1.29 is 9.47 Å². The number of ether oxygens (including phenoxy) is 2. The van der Waals surface area contributed by atoms with Gasteiger partial charge in [0.15, 0.2) is 19.7 Å². The molecule has 0 unspecified atom stereocenters. The molecular weight excluding hydrogens is 374 g/mol. The van der Waals surface area contributed by atoms with Crippen LogP contribution in [-0.2, 0) is 0 Å². The van der Waals surface area contributed by atoms with E-state index in [0.717, 1.165) is 24.3 Å². The fraction of sp³-hybridized carbons (Fsp3) is 0.600. The molecule has 1 heterocycles. The Balaban J connectivity index is 1.97. The average molecular weight is 414 g/mol. The number of benzene rings is 1. The maximum atomic E-state index is 6.33. The first-order valence-electron chi connectivity index (χ1n) is 11.3. The number of rotatable bonds is 8. The first-order valence-corrected chi connectivity index (χ1v) is 13.5. The van der Waals surface area contributed by atoms with Gasteiger partial charge in [0.1, 0.15) is 0 Å². The molecule has 29 heavy (non-hydrogen) atoms. The molecule has 3 nitrogen and oxygen atoms in total. The quantitative estimate of drug-likeness (QED) is 0.418. The summed E-state index contributed by atoms with van der Waals surface area (Å²) >= 11 is 0. The lowest BCUT2D eigenvalue weighted by Crippen LogP contribution is -2.51. The lowest BCUT2D eigenvalue weighted by molar-refractivity contribution is 0.201. The van der Waals surface area contributed by atoms with Crippen molar-refractivity contribution in [2.24, 2.45) is 0 Å². The Morgan fingerprint density at radius 2 is 1.48 bits per heavy atom. The zero-order chi connectivity index (χ0) is 21.2. The highest BCUT2D eigenvalue weighted by Gasteiger charge is 2.44. The molecule has 0 aliphatic heterocycles. The van der Waals surface area contributed by atoms with Gasteiger partial charge >= 0.3 is 0 Å². The second kappa shape index (κ2) is 8.99. The topological polar surface area (TPSA) is 23.4 Å². The Morgan fingerprint density at radius 3 is 2.03 bits per heavy atom. The monoisotopic (exact) mass is 413 g/mol. The summed E-state index contributed by atoms with van der Waals surface area (Å²) in [6, 6.07) is 8.65. The number of aromatic nitrogens is 1. The summed E-state index contributed by atoms with van der Waals surface area (Å²) in [7, 11) is 0.00716. The van der Waals surface area contributed by atoms with Gasteiger partial charge in [0, 0.05) is 6.20 Å². The van der Waals surface area contributed by atoms with Gasteiger partial charge in [-0.15, -0.1) is 0 Å². The van der Waals surface area contributed by atoms with Crippen LogP contribution in [0.2, 0.25) is 16.6 Å². The minimum Gasteiger partial charge on any atom is -0.493 e. The molecule has 1 aromatic heterocycles. The molecule has 1 aromatic carbocycles. The van der Waals surface area contributed by atoms with Crippen LogP contribution in [0, 0.1) is 0 Å². The smallest absolute Gasteiger partial charge is 0.168 e. The fourth-order valence-electron chi connectivity index (χ4n) is 5.84. The lowest BCUT2D eigenvalue weighted by atomic mass is 10.1. The highest BCUT2D eigenvalue weighted by molar-refractivity contribution is 6.82. The zero-order valence-electron chi connectivity index (χ0n) is 19.4. The van der Waals surface area contributed by atoms with E-state index in [0.29, 0.717) is 22.7 Å². The van der Waals surface area contributed by atoms with Gasteiger partial charge < -0.3 is 13.7 Å². The van der Waals surface area contributed by atoms with Crippen LogP contribution in [-0.4, -0.2) is 25.7 Å². The average Bonchev–Trinajstić information content (AvgIpc) is 3.33. The third-order valence-corrected chi connectivity index (χ3v) is 13.7. The van der Waals surface area contributed by atoms with E-state index in [1.807, 2.05) is 0 Å². The van der Waals surface area contributed by atoms with Gasteiger partial charge in [-0.05, 0) is 77.8 Å². The predicted octanol–water partition coefficient (Wildman–Crippen LogP) is 7.51. The van der Waals surface area contributed by atoms with Gasteiger partial charge in [-0.25, -0.2) is 0 Å². The van der Waals surface area contributed by atoms with Crippen LogP contribution in [0.15, 0.2) is 36.7 Å². The summed E-state index contributed by atoms with van der Waals surface area (Å²) in [5.74, 6) is 1.71.